The van der Waals surface area contributed by atoms with Crippen molar-refractivity contribution in [3.05, 3.63) is 11.4 Å². The van der Waals surface area contributed by atoms with E-state index in [9.17, 15) is 9.59 Å². The molecule has 0 aliphatic carbocycles. The molecule has 1 unspecified atom stereocenters. The van der Waals surface area contributed by atoms with Crippen LogP contribution in [0.15, 0.2) is 4.99 Å². The molecule has 6 nitrogen and oxygen atoms in total. The Morgan fingerprint density at radius 3 is 2.50 bits per heavy atom. The second-order valence-corrected chi connectivity index (χ2v) is 2.89. The van der Waals surface area contributed by atoms with Crippen molar-refractivity contribution in [2.45, 2.75) is 26.3 Å². The van der Waals surface area contributed by atoms with E-state index in [1.54, 1.807) is 13.8 Å². The van der Waals surface area contributed by atoms with Crippen molar-refractivity contribution >= 4 is 17.6 Å². The van der Waals surface area contributed by atoms with Crippen molar-refractivity contribution in [1.29, 1.82) is 0 Å². The first-order chi connectivity index (χ1) is 7.56. The number of primary amides is 1. The normalized spacial score (nSPS) is 12.7. The molecule has 0 saturated carbocycles. The van der Waals surface area contributed by atoms with Crippen molar-refractivity contribution in [1.82, 2.24) is 0 Å². The maximum Gasteiger partial charge on any atom is 0.396 e. The van der Waals surface area contributed by atoms with Crippen LogP contribution in [-0.4, -0.2) is 36.8 Å². The maximum absolute atomic E-state index is 11.4. The van der Waals surface area contributed by atoms with Crippen LogP contribution in [0.25, 0.3) is 4.85 Å². The monoisotopic (exact) mass is 225 g/mol. The predicted octanol–water partition coefficient (Wildman–Crippen LogP) is 0.174. The summed E-state index contributed by atoms with van der Waals surface area (Å²) < 4.78 is 4.72. The number of esters is 1. The first-order valence-electron chi connectivity index (χ1n) is 4.91. The Labute approximate surface area is 94.3 Å². The minimum Gasteiger partial charge on any atom is -0.460 e. The summed E-state index contributed by atoms with van der Waals surface area (Å²) in [5.74, 6) is -1.31. The number of nitrogens with zero attached hydrogens (tertiary/aromatic N) is 2. The van der Waals surface area contributed by atoms with Crippen LogP contribution >= 0.6 is 0 Å². The average molecular weight is 225 g/mol. The number of rotatable bonds is 6. The van der Waals surface area contributed by atoms with E-state index in [-0.39, 0.29) is 18.7 Å². The topological polar surface area (TPSA) is 86.1 Å². The Kier molecular flexibility index (Phi) is 6.52. The zero-order valence-corrected chi connectivity index (χ0v) is 9.40. The van der Waals surface area contributed by atoms with Gasteiger partial charge in [-0.05, 0) is 13.8 Å². The third-order valence-electron chi connectivity index (χ3n) is 1.67. The number of hydrogen-bond donors (Lipinski definition) is 1. The molecule has 16 heavy (non-hydrogen) atoms. The third-order valence-corrected chi connectivity index (χ3v) is 1.67. The fourth-order valence-corrected chi connectivity index (χ4v) is 1.11. The van der Waals surface area contributed by atoms with E-state index in [2.05, 4.69) is 9.84 Å². The Balaban J connectivity index is 4.87. The van der Waals surface area contributed by atoms with Gasteiger partial charge >= 0.3 is 12.0 Å². The Hall–Kier alpha value is -1.90. The summed E-state index contributed by atoms with van der Waals surface area (Å²) >= 11 is 0. The highest BCUT2D eigenvalue weighted by Crippen LogP contribution is 2.03. The van der Waals surface area contributed by atoms with Gasteiger partial charge in [0, 0.05) is 6.54 Å². The van der Waals surface area contributed by atoms with E-state index in [1.807, 2.05) is 0 Å². The quantitative estimate of drug-likeness (QED) is 0.397. The molecule has 0 aliphatic rings. The number of nitrogens with two attached hydrogens (primary N) is 1. The molecular weight excluding hydrogens is 210 g/mol. The number of amides is 1. The number of aliphatic imine (C=N–C) groups is 1. The van der Waals surface area contributed by atoms with E-state index in [0.717, 1.165) is 0 Å². The van der Waals surface area contributed by atoms with Crippen LogP contribution in [0.3, 0.4) is 0 Å². The van der Waals surface area contributed by atoms with Gasteiger partial charge in [-0.1, -0.05) is 0 Å². The minimum atomic E-state index is -1.16. The molecule has 0 aromatic rings. The van der Waals surface area contributed by atoms with Crippen LogP contribution in [-0.2, 0) is 14.3 Å². The van der Waals surface area contributed by atoms with Gasteiger partial charge in [0.25, 0.3) is 0 Å². The third kappa shape index (κ3) is 4.55. The molecule has 0 aromatic carbocycles. The molecule has 1 amide bonds. The van der Waals surface area contributed by atoms with E-state index in [4.69, 9.17) is 17.0 Å². The SMILES string of the molecule is [C-]#[N+]C(C(=O)OCC)C(CC(N)=O)=NCC. The van der Waals surface area contributed by atoms with Crippen molar-refractivity contribution in [3.8, 4) is 0 Å². The van der Waals surface area contributed by atoms with Gasteiger partial charge in [0.1, 0.15) is 5.71 Å². The lowest BCUT2D eigenvalue weighted by Gasteiger charge is -2.06. The Morgan fingerprint density at radius 1 is 1.50 bits per heavy atom. The number of carbonyl (C=O) groups excluding carboxylic acids is 2. The molecule has 0 fully saturated rings. The highest BCUT2D eigenvalue weighted by Gasteiger charge is 2.32. The smallest absolute Gasteiger partial charge is 0.396 e. The van der Waals surface area contributed by atoms with Gasteiger partial charge in [-0.2, -0.15) is 0 Å². The molecule has 0 rings (SSSR count). The summed E-state index contributed by atoms with van der Waals surface area (Å²) in [6.07, 6.45) is -0.195. The number of ether oxygens (including phenoxy) is 1. The van der Waals surface area contributed by atoms with Gasteiger partial charge in [0.2, 0.25) is 5.91 Å². The summed E-state index contributed by atoms with van der Waals surface area (Å²) in [7, 11) is 0. The van der Waals surface area contributed by atoms with E-state index >= 15 is 0 Å². The molecule has 0 aromatic heterocycles. The number of hydrogen-bond acceptors (Lipinski definition) is 4. The molecule has 0 radical (unpaired) electrons. The molecule has 1 atom stereocenters. The molecule has 2 N–H and O–H groups in total. The summed E-state index contributed by atoms with van der Waals surface area (Å²) in [5, 5.41) is 0. The lowest BCUT2D eigenvalue weighted by molar-refractivity contribution is -0.142. The fourth-order valence-electron chi connectivity index (χ4n) is 1.11. The summed E-state index contributed by atoms with van der Waals surface area (Å²) in [6, 6.07) is -1.16. The highest BCUT2D eigenvalue weighted by atomic mass is 16.5. The first-order valence-corrected chi connectivity index (χ1v) is 4.91. The summed E-state index contributed by atoms with van der Waals surface area (Å²) in [5.41, 5.74) is 5.19. The molecule has 0 saturated heterocycles. The second kappa shape index (κ2) is 7.40. The minimum absolute atomic E-state index is 0.170. The Morgan fingerprint density at radius 2 is 2.12 bits per heavy atom. The van der Waals surface area contributed by atoms with Crippen LogP contribution in [0.5, 0.6) is 0 Å². The van der Waals surface area contributed by atoms with Crippen LogP contribution in [0.4, 0.5) is 0 Å². The highest BCUT2D eigenvalue weighted by molar-refractivity contribution is 6.14. The van der Waals surface area contributed by atoms with Crippen LogP contribution in [0.2, 0.25) is 0 Å². The molecule has 0 heterocycles. The van der Waals surface area contributed by atoms with Gasteiger partial charge in [0.15, 0.2) is 0 Å². The van der Waals surface area contributed by atoms with E-state index in [0.29, 0.717) is 6.54 Å². The number of carbonyl (C=O) groups is 2. The molecule has 6 heteroatoms. The van der Waals surface area contributed by atoms with Crippen LogP contribution < -0.4 is 5.73 Å². The predicted molar refractivity (Wildman–Crippen MR) is 58.8 cm³/mol. The first kappa shape index (κ1) is 14.1. The molecule has 0 spiro atoms. The Bertz CT molecular complexity index is 331. The van der Waals surface area contributed by atoms with Crippen LogP contribution in [0, 0.1) is 6.57 Å². The van der Waals surface area contributed by atoms with Gasteiger partial charge < -0.3 is 10.5 Å². The largest absolute Gasteiger partial charge is 0.460 e. The summed E-state index contributed by atoms with van der Waals surface area (Å²) in [6.45, 7) is 10.9. The van der Waals surface area contributed by atoms with E-state index < -0.39 is 17.9 Å². The zero-order valence-electron chi connectivity index (χ0n) is 9.40. The molecule has 0 aliphatic heterocycles. The summed E-state index contributed by atoms with van der Waals surface area (Å²) in [4.78, 5) is 29.2. The van der Waals surface area contributed by atoms with Gasteiger partial charge in [-0.15, -0.1) is 0 Å². The van der Waals surface area contributed by atoms with Crippen molar-refractivity contribution < 1.29 is 14.3 Å². The fraction of sp³-hybridized carbons (Fsp3) is 0.600. The molecule has 0 bridgehead atoms. The van der Waals surface area contributed by atoms with Gasteiger partial charge in [-0.3, -0.25) is 14.6 Å². The van der Waals surface area contributed by atoms with Gasteiger partial charge in [-0.25, -0.2) is 11.4 Å². The standard InChI is InChI=1S/C10H15N3O3/c1-4-13-7(6-8(11)14)9(12-3)10(15)16-5-2/h9H,4-6H2,1-2H3,(H2,11,14). The zero-order chi connectivity index (χ0) is 12.6. The lowest BCUT2D eigenvalue weighted by Crippen LogP contribution is -2.32. The van der Waals surface area contributed by atoms with Crippen molar-refractivity contribution in [2.24, 2.45) is 10.7 Å². The lowest BCUT2D eigenvalue weighted by atomic mass is 10.1. The molecule has 88 valence electrons. The van der Waals surface area contributed by atoms with Crippen LogP contribution in [0.1, 0.15) is 20.3 Å². The second-order valence-electron chi connectivity index (χ2n) is 2.89. The van der Waals surface area contributed by atoms with E-state index in [1.165, 1.54) is 0 Å². The van der Waals surface area contributed by atoms with Crippen molar-refractivity contribution in [3.63, 3.8) is 0 Å². The average Bonchev–Trinajstić information content (AvgIpc) is 2.18. The van der Waals surface area contributed by atoms with Gasteiger partial charge in [0.05, 0.1) is 13.0 Å². The molecular formula is C10H15N3O3. The maximum atomic E-state index is 11.4. The van der Waals surface area contributed by atoms with Crippen molar-refractivity contribution in [2.75, 3.05) is 13.2 Å².